The molecule has 4 unspecified atom stereocenters. The Labute approximate surface area is 364 Å². The van der Waals surface area contributed by atoms with E-state index in [1.54, 1.807) is 28.4 Å². The summed E-state index contributed by atoms with van der Waals surface area (Å²) in [5, 5.41) is 12.6. The highest BCUT2D eigenvalue weighted by molar-refractivity contribution is 5.51. The van der Waals surface area contributed by atoms with Gasteiger partial charge in [0.05, 0.1) is 35.0 Å². The van der Waals surface area contributed by atoms with Crippen LogP contribution in [0.15, 0.2) is 180 Å². The Bertz CT molecular complexity index is 2590. The average molecular weight is 849 g/mol. The van der Waals surface area contributed by atoms with Gasteiger partial charge in [0.15, 0.2) is 6.23 Å². The summed E-state index contributed by atoms with van der Waals surface area (Å²) >= 11 is 0. The van der Waals surface area contributed by atoms with Gasteiger partial charge in [0, 0.05) is 12.3 Å². The fourth-order valence-electron chi connectivity index (χ4n) is 8.37. The maximum absolute atomic E-state index is 13.4. The van der Waals surface area contributed by atoms with Crippen molar-refractivity contribution in [3.05, 3.63) is 224 Å². The van der Waals surface area contributed by atoms with Gasteiger partial charge in [0.25, 0.3) is 5.56 Å². The molecule has 0 radical (unpaired) electrons. The molecule has 2 heterocycles. The van der Waals surface area contributed by atoms with Gasteiger partial charge in [-0.05, 0) is 81.9 Å². The third-order valence-electron chi connectivity index (χ3n) is 11.6. The third-order valence-corrected chi connectivity index (χ3v) is 11.6. The van der Waals surface area contributed by atoms with E-state index >= 15 is 0 Å². The minimum atomic E-state index is -1.48. The molecule has 4 atom stereocenters. The van der Waals surface area contributed by atoms with E-state index in [-0.39, 0.29) is 6.61 Å². The summed E-state index contributed by atoms with van der Waals surface area (Å²) < 4.78 is 45.0. The second-order valence-corrected chi connectivity index (χ2v) is 15.0. The summed E-state index contributed by atoms with van der Waals surface area (Å²) in [6, 6.07) is 51.0. The molecule has 1 aliphatic rings. The SMILES string of the molecule is COc1ccc(C(OCC2OC(n3ccc(=O)[nH]c3=O)C(O)C2OC(c2ccccc2)(c2ccc(OC)cc2)c2ccc(OC)cc2)(c2ccccc2)c2ccc(OC)cc2)cc1. The van der Waals surface area contributed by atoms with Crippen LogP contribution in [0.4, 0.5) is 0 Å². The Kier molecular flexibility index (Phi) is 12.6. The number of ether oxygens (including phenoxy) is 7. The van der Waals surface area contributed by atoms with Gasteiger partial charge >= 0.3 is 5.69 Å². The van der Waals surface area contributed by atoms with Gasteiger partial charge < -0.3 is 38.3 Å². The lowest BCUT2D eigenvalue weighted by atomic mass is 9.79. The van der Waals surface area contributed by atoms with Crippen LogP contribution >= 0.6 is 0 Å². The second-order valence-electron chi connectivity index (χ2n) is 15.0. The van der Waals surface area contributed by atoms with E-state index in [4.69, 9.17) is 33.2 Å². The predicted molar refractivity (Wildman–Crippen MR) is 237 cm³/mol. The largest absolute Gasteiger partial charge is 0.497 e. The fourth-order valence-corrected chi connectivity index (χ4v) is 8.37. The standard InChI is InChI=1S/C51H48N2O10/c1-57-40-23-15-36(16-24-40)50(34-11-7-5-8-12-34,37-17-25-41(58-2)26-18-37)61-33-44-47(46(55)48(62-44)53-32-31-45(54)52-49(53)56)63-51(35-13-9-6-10-14-35,38-19-27-42(59-3)28-20-38)39-21-29-43(60-4)30-22-39/h5-32,44,46-48,55H,33H2,1-4H3,(H,52,54,56). The molecular weight excluding hydrogens is 801 g/mol. The van der Waals surface area contributed by atoms with Gasteiger partial charge in [0.1, 0.15) is 52.5 Å². The van der Waals surface area contributed by atoms with Gasteiger partial charge in [-0.3, -0.25) is 14.3 Å². The molecule has 12 nitrogen and oxygen atoms in total. The highest BCUT2D eigenvalue weighted by Crippen LogP contribution is 2.47. The minimum Gasteiger partial charge on any atom is -0.497 e. The highest BCUT2D eigenvalue weighted by atomic mass is 16.6. The zero-order valence-corrected chi connectivity index (χ0v) is 35.3. The van der Waals surface area contributed by atoms with Crippen molar-refractivity contribution in [2.75, 3.05) is 35.0 Å². The van der Waals surface area contributed by atoms with Gasteiger partial charge in [0.2, 0.25) is 0 Å². The van der Waals surface area contributed by atoms with E-state index in [1.165, 1.54) is 12.3 Å². The molecule has 1 fully saturated rings. The van der Waals surface area contributed by atoms with Crippen LogP contribution in [0.2, 0.25) is 0 Å². The normalized spacial score (nSPS) is 17.5. The molecule has 322 valence electrons. The van der Waals surface area contributed by atoms with E-state index in [2.05, 4.69) is 4.98 Å². The molecule has 12 heteroatoms. The third kappa shape index (κ3) is 8.25. The molecule has 0 spiro atoms. The van der Waals surface area contributed by atoms with Crippen LogP contribution in [0.1, 0.15) is 39.6 Å². The lowest BCUT2D eigenvalue weighted by Crippen LogP contribution is -2.47. The minimum absolute atomic E-state index is 0.167. The molecule has 0 aliphatic carbocycles. The first kappa shape index (κ1) is 42.7. The number of nitrogens with one attached hydrogen (secondary N) is 1. The molecule has 63 heavy (non-hydrogen) atoms. The number of rotatable bonds is 16. The number of aromatic nitrogens is 2. The number of H-pyrrole nitrogens is 1. The van der Waals surface area contributed by atoms with Crippen LogP contribution < -0.4 is 30.2 Å². The molecule has 2 N–H and O–H groups in total. The van der Waals surface area contributed by atoms with E-state index in [1.807, 2.05) is 158 Å². The van der Waals surface area contributed by atoms with Gasteiger partial charge in [-0.2, -0.15) is 0 Å². The lowest BCUT2D eigenvalue weighted by molar-refractivity contribution is -0.131. The van der Waals surface area contributed by atoms with Crippen molar-refractivity contribution in [1.29, 1.82) is 0 Å². The van der Waals surface area contributed by atoms with Crippen molar-refractivity contribution in [2.45, 2.75) is 35.7 Å². The fraction of sp³-hybridized carbons (Fsp3) is 0.216. The van der Waals surface area contributed by atoms with Crippen LogP contribution in [0.3, 0.4) is 0 Å². The smallest absolute Gasteiger partial charge is 0.330 e. The molecule has 1 aliphatic heterocycles. The first-order chi connectivity index (χ1) is 30.7. The summed E-state index contributed by atoms with van der Waals surface area (Å²) in [4.78, 5) is 28.0. The molecule has 1 aromatic heterocycles. The molecule has 1 saturated heterocycles. The van der Waals surface area contributed by atoms with Crippen molar-refractivity contribution in [3.63, 3.8) is 0 Å². The van der Waals surface area contributed by atoms with E-state index in [9.17, 15) is 14.7 Å². The van der Waals surface area contributed by atoms with Gasteiger partial charge in [-0.15, -0.1) is 0 Å². The summed E-state index contributed by atoms with van der Waals surface area (Å²) in [6.45, 7) is -0.167. The Morgan fingerprint density at radius 3 is 1.32 bits per heavy atom. The number of aliphatic hydroxyl groups is 1. The molecule has 0 amide bonds. The van der Waals surface area contributed by atoms with Crippen LogP contribution in [-0.4, -0.2) is 68.0 Å². The molecule has 6 aromatic carbocycles. The van der Waals surface area contributed by atoms with E-state index in [0.717, 1.165) is 26.8 Å². The number of aliphatic hydroxyl groups excluding tert-OH is 1. The number of nitrogens with zero attached hydrogens (tertiary/aromatic N) is 1. The van der Waals surface area contributed by atoms with Gasteiger partial charge in [-0.25, -0.2) is 4.79 Å². The van der Waals surface area contributed by atoms with Crippen molar-refractivity contribution in [3.8, 4) is 23.0 Å². The highest BCUT2D eigenvalue weighted by Gasteiger charge is 2.52. The summed E-state index contributed by atoms with van der Waals surface area (Å²) in [7, 11) is 6.42. The summed E-state index contributed by atoms with van der Waals surface area (Å²) in [6.07, 6.45) is -3.70. The van der Waals surface area contributed by atoms with E-state index < -0.39 is 47.0 Å². The van der Waals surface area contributed by atoms with Crippen molar-refractivity contribution < 1.29 is 38.3 Å². The van der Waals surface area contributed by atoms with Crippen molar-refractivity contribution >= 4 is 0 Å². The lowest BCUT2D eigenvalue weighted by Gasteiger charge is -2.41. The molecule has 0 bridgehead atoms. The Balaban J connectivity index is 1.32. The van der Waals surface area contributed by atoms with Crippen molar-refractivity contribution in [2.24, 2.45) is 0 Å². The Morgan fingerprint density at radius 2 is 0.921 bits per heavy atom. The summed E-state index contributed by atoms with van der Waals surface area (Å²) in [5.41, 5.74) is 0.503. The number of hydrogen-bond donors (Lipinski definition) is 2. The molecule has 7 aromatic rings. The quantitative estimate of drug-likeness (QED) is 0.0960. The van der Waals surface area contributed by atoms with Gasteiger partial charge in [-0.1, -0.05) is 109 Å². The van der Waals surface area contributed by atoms with Crippen LogP contribution in [0, 0.1) is 0 Å². The van der Waals surface area contributed by atoms with Crippen LogP contribution in [-0.2, 0) is 25.4 Å². The monoisotopic (exact) mass is 848 g/mol. The zero-order chi connectivity index (χ0) is 44.0. The topological polar surface area (TPSA) is 140 Å². The first-order valence-electron chi connectivity index (χ1n) is 20.4. The van der Waals surface area contributed by atoms with Crippen LogP contribution in [0.5, 0.6) is 23.0 Å². The number of methoxy groups -OCH3 is 4. The Morgan fingerprint density at radius 1 is 0.540 bits per heavy atom. The number of aromatic amines is 1. The zero-order valence-electron chi connectivity index (χ0n) is 35.3. The molecular formula is C51H48N2O10. The summed E-state index contributed by atoms with van der Waals surface area (Å²) in [5.74, 6) is 2.60. The molecule has 8 rings (SSSR count). The average Bonchev–Trinajstić information content (AvgIpc) is 3.64. The maximum Gasteiger partial charge on any atom is 0.330 e. The Hall–Kier alpha value is -6.96. The first-order valence-corrected chi connectivity index (χ1v) is 20.4. The second kappa shape index (κ2) is 18.6. The number of benzene rings is 6. The maximum atomic E-state index is 13.4. The van der Waals surface area contributed by atoms with E-state index in [0.29, 0.717) is 34.1 Å². The van der Waals surface area contributed by atoms with Crippen molar-refractivity contribution in [1.82, 2.24) is 9.55 Å². The number of hydrogen-bond acceptors (Lipinski definition) is 10. The predicted octanol–water partition coefficient (Wildman–Crippen LogP) is 7.22. The van der Waals surface area contributed by atoms with Crippen LogP contribution in [0.25, 0.3) is 0 Å². The molecule has 0 saturated carbocycles.